The maximum absolute atomic E-state index is 10.9. The Balaban J connectivity index is -0.000000443. The lowest BCUT2D eigenvalue weighted by Crippen LogP contribution is -2.24. The van der Waals surface area contributed by atoms with Gasteiger partial charge in [0.15, 0.2) is 24.5 Å². The number of aliphatic imine (C=N–C) groups is 1. The molecule has 1 aliphatic heterocycles. The molecule has 0 N–H and O–H groups in total. The van der Waals surface area contributed by atoms with E-state index in [1.54, 1.807) is 20.8 Å². The van der Waals surface area contributed by atoms with Crippen molar-refractivity contribution in [1.29, 1.82) is 0 Å². The van der Waals surface area contributed by atoms with Gasteiger partial charge in [0.25, 0.3) is 5.90 Å². The number of ether oxygens (including phenoxy) is 2. The minimum atomic E-state index is -0.653. The fraction of sp³-hybridized carbons (Fsp3) is 0.478. The van der Waals surface area contributed by atoms with Crippen LogP contribution in [0.5, 0.6) is 0 Å². The van der Waals surface area contributed by atoms with Gasteiger partial charge in [-0.15, -0.1) is 5.10 Å². The number of aldehydes is 2. The molecule has 0 unspecified atom stereocenters. The van der Waals surface area contributed by atoms with Crippen LogP contribution in [0.4, 0.5) is 4.79 Å². The Labute approximate surface area is 225 Å². The third kappa shape index (κ3) is 15.9. The summed E-state index contributed by atoms with van der Waals surface area (Å²) in [6.07, 6.45) is 3.09. The smallest absolute Gasteiger partial charge is 0.415 e. The van der Waals surface area contributed by atoms with E-state index in [1.165, 1.54) is 38.9 Å². The molecule has 0 atom stereocenters. The van der Waals surface area contributed by atoms with Crippen molar-refractivity contribution in [2.75, 3.05) is 27.4 Å². The first-order valence-electron chi connectivity index (χ1n) is 10.7. The number of imide groups is 1. The highest BCUT2D eigenvalue weighted by atomic mass is 16.7. The van der Waals surface area contributed by atoms with Gasteiger partial charge in [0, 0.05) is 27.6 Å². The minimum Gasteiger partial charge on any atom is -0.471 e. The number of Topliss-reactive ketones (excluding diaryl/α,β-unsaturated/α-hetero) is 1. The molecule has 3 amide bonds. The van der Waals surface area contributed by atoms with Crippen LogP contribution in [0.3, 0.4) is 0 Å². The Morgan fingerprint density at radius 1 is 1.15 bits per heavy atom. The second kappa shape index (κ2) is 22.4. The zero-order valence-electron chi connectivity index (χ0n) is 22.3. The van der Waals surface area contributed by atoms with Gasteiger partial charge in [0.2, 0.25) is 12.8 Å². The van der Waals surface area contributed by atoms with Crippen LogP contribution in [0, 0.1) is 0 Å². The summed E-state index contributed by atoms with van der Waals surface area (Å²) in [7, 11) is 5.52. The van der Waals surface area contributed by atoms with Crippen molar-refractivity contribution in [3.05, 3.63) is 28.0 Å². The molecule has 0 bridgehead atoms. The van der Waals surface area contributed by atoms with E-state index in [1.807, 2.05) is 0 Å². The number of allylic oxidation sites excluding steroid dienone is 2. The fourth-order valence-electron chi connectivity index (χ4n) is 1.95. The van der Waals surface area contributed by atoms with Crippen LogP contribution in [0.2, 0.25) is 0 Å². The van der Waals surface area contributed by atoms with Crippen molar-refractivity contribution in [3.63, 3.8) is 0 Å². The van der Waals surface area contributed by atoms with E-state index in [9.17, 15) is 33.6 Å². The number of carbonyl (C=O) groups excluding carboxylic acids is 6. The van der Waals surface area contributed by atoms with Crippen LogP contribution < -0.4 is 5.69 Å². The largest absolute Gasteiger partial charge is 0.471 e. The van der Waals surface area contributed by atoms with E-state index in [-0.39, 0.29) is 30.6 Å². The molecule has 0 saturated heterocycles. The van der Waals surface area contributed by atoms with Crippen molar-refractivity contribution < 1.29 is 43.1 Å². The molecule has 1 aromatic rings. The van der Waals surface area contributed by atoms with Gasteiger partial charge in [-0.3, -0.25) is 33.4 Å². The summed E-state index contributed by atoms with van der Waals surface area (Å²) in [5, 5.41) is 7.18. The van der Waals surface area contributed by atoms with E-state index >= 15 is 0 Å². The molecular formula is C23H36N6O10. The molecule has 1 aromatic heterocycles. The molecule has 0 aromatic carbocycles. The lowest BCUT2D eigenvalue weighted by Gasteiger charge is -2.11. The summed E-state index contributed by atoms with van der Waals surface area (Å²) in [4.78, 5) is 80.3. The predicted octanol–water partition coefficient (Wildman–Crippen LogP) is 0.483. The third-order valence-electron chi connectivity index (χ3n) is 4.08. The van der Waals surface area contributed by atoms with E-state index in [0.29, 0.717) is 56.3 Å². The molecule has 39 heavy (non-hydrogen) atoms. The molecule has 16 nitrogen and oxygen atoms in total. The number of hydrogen-bond donors (Lipinski definition) is 0. The average molecular weight is 557 g/mol. The molecular weight excluding hydrogens is 520 g/mol. The quantitative estimate of drug-likeness (QED) is 0.257. The Morgan fingerprint density at radius 2 is 1.77 bits per heavy atom. The van der Waals surface area contributed by atoms with Gasteiger partial charge in [0.05, 0.1) is 7.11 Å². The van der Waals surface area contributed by atoms with Crippen molar-refractivity contribution in [3.8, 4) is 0 Å². The highest BCUT2D eigenvalue weighted by molar-refractivity contribution is 6.38. The molecule has 0 saturated carbocycles. The number of carbonyl (C=O) groups is 6. The van der Waals surface area contributed by atoms with E-state index in [4.69, 9.17) is 9.57 Å². The molecule has 0 aliphatic carbocycles. The highest BCUT2D eigenvalue weighted by Gasteiger charge is 2.10. The van der Waals surface area contributed by atoms with Crippen molar-refractivity contribution >= 4 is 48.9 Å². The summed E-state index contributed by atoms with van der Waals surface area (Å²) in [6.45, 7) is 5.93. The maximum atomic E-state index is 10.9. The number of ketones is 1. The van der Waals surface area contributed by atoms with Crippen LogP contribution in [0.25, 0.3) is 0 Å². The van der Waals surface area contributed by atoms with Crippen molar-refractivity contribution in [2.24, 2.45) is 24.2 Å². The molecule has 2 heterocycles. The first-order valence-corrected chi connectivity index (χ1v) is 10.7. The zero-order valence-corrected chi connectivity index (χ0v) is 22.3. The number of oxime groups is 1. The fourth-order valence-corrected chi connectivity index (χ4v) is 1.95. The van der Waals surface area contributed by atoms with Crippen LogP contribution in [-0.4, -0.2) is 95.5 Å². The molecule has 1 aliphatic rings. The van der Waals surface area contributed by atoms with Gasteiger partial charge in [-0.2, -0.15) is 0 Å². The van der Waals surface area contributed by atoms with Gasteiger partial charge < -0.3 is 14.3 Å². The SMILES string of the molecule is C.CC(=NC=O)C1=NOCCO1.CCC(=O)/C(C)=C/C=O.COC(=O)N(C)C=O.Cn1nc(C=O)n(C)c1=O. The Hall–Kier alpha value is -4.76. The number of rotatable bonds is 7. The molecule has 0 spiro atoms. The number of nitrogens with zero attached hydrogens (tertiary/aromatic N) is 6. The number of methoxy groups -OCH3 is 1. The summed E-state index contributed by atoms with van der Waals surface area (Å²) in [5.74, 6) is 0.456. The van der Waals surface area contributed by atoms with Gasteiger partial charge in [-0.05, 0) is 30.7 Å². The zero-order chi connectivity index (χ0) is 29.7. The van der Waals surface area contributed by atoms with Gasteiger partial charge in [-0.1, -0.05) is 14.4 Å². The minimum absolute atomic E-state index is 0. The predicted molar refractivity (Wildman–Crippen MR) is 140 cm³/mol. The number of aromatic nitrogens is 3. The topological polar surface area (TPSA) is 198 Å². The Morgan fingerprint density at radius 3 is 2.08 bits per heavy atom. The molecule has 218 valence electrons. The van der Waals surface area contributed by atoms with Crippen LogP contribution in [0.1, 0.15) is 45.2 Å². The second-order valence-corrected chi connectivity index (χ2v) is 6.79. The standard InChI is InChI=1S/C7H10O2.C6H8N2O3.C5H7N3O2.C4H7NO3.CH4/c1-3-7(9)6(2)4-5-8;1-5(7-4-9)6-8-11-3-2-10-6;1-7-4(3-9)6-8(2)5(7)10;1-5(3-6)4(7)8-2;/h4-5H,3H2,1-2H3;4H,2-3H2,1H3;3H,1-2H3;3H,1-2H3;1H4/b6-4+;;;;. The van der Waals surface area contributed by atoms with Crippen LogP contribution >= 0.6 is 0 Å². The van der Waals surface area contributed by atoms with E-state index < -0.39 is 6.09 Å². The average Bonchev–Trinajstić information content (AvgIpc) is 3.19. The highest BCUT2D eigenvalue weighted by Crippen LogP contribution is 1.96. The monoisotopic (exact) mass is 556 g/mol. The lowest BCUT2D eigenvalue weighted by atomic mass is 10.1. The summed E-state index contributed by atoms with van der Waals surface area (Å²) in [5.41, 5.74) is 0.675. The number of hydrogen-bond acceptors (Lipinski definition) is 12. The molecule has 0 fully saturated rings. The Kier molecular flexibility index (Phi) is 22.3. The first kappa shape index (κ1) is 38.8. The second-order valence-electron chi connectivity index (χ2n) is 6.79. The van der Waals surface area contributed by atoms with Crippen LogP contribution in [0.15, 0.2) is 26.6 Å². The maximum Gasteiger partial charge on any atom is 0.415 e. The number of amides is 3. The normalized spacial score (nSPS) is 11.7. The lowest BCUT2D eigenvalue weighted by molar-refractivity contribution is -0.116. The summed E-state index contributed by atoms with van der Waals surface area (Å²) < 4.78 is 11.5. The summed E-state index contributed by atoms with van der Waals surface area (Å²) in [6, 6.07) is 0. The van der Waals surface area contributed by atoms with Gasteiger partial charge in [-0.25, -0.2) is 19.3 Å². The van der Waals surface area contributed by atoms with Gasteiger partial charge in [0.1, 0.15) is 18.6 Å². The Bertz CT molecular complexity index is 1100. The van der Waals surface area contributed by atoms with Gasteiger partial charge >= 0.3 is 11.8 Å². The molecule has 0 radical (unpaired) electrons. The number of aryl methyl sites for hydroxylation is 1. The van der Waals surface area contributed by atoms with E-state index in [2.05, 4.69) is 20.0 Å². The molecule has 16 heteroatoms. The van der Waals surface area contributed by atoms with E-state index in [0.717, 1.165) is 9.58 Å². The molecule has 2 rings (SSSR count). The van der Waals surface area contributed by atoms with Crippen LogP contribution in [-0.2, 0) is 47.6 Å². The third-order valence-corrected chi connectivity index (χ3v) is 4.08. The first-order chi connectivity index (χ1) is 17.9. The summed E-state index contributed by atoms with van der Waals surface area (Å²) >= 11 is 0. The van der Waals surface area contributed by atoms with Crippen molar-refractivity contribution in [1.82, 2.24) is 19.2 Å². The van der Waals surface area contributed by atoms with Crippen molar-refractivity contribution in [2.45, 2.75) is 34.6 Å².